The summed E-state index contributed by atoms with van der Waals surface area (Å²) in [6, 6.07) is 11.2. The van der Waals surface area contributed by atoms with Crippen LogP contribution in [0.15, 0.2) is 42.5 Å². The van der Waals surface area contributed by atoms with Gasteiger partial charge in [0.05, 0.1) is 17.6 Å². The topological polar surface area (TPSA) is 46.9 Å². The number of aromatic nitrogens is 2. The molecule has 1 N–H and O–H groups in total. The Balaban J connectivity index is 1.64. The van der Waals surface area contributed by atoms with Crippen LogP contribution in [0.2, 0.25) is 0 Å². The van der Waals surface area contributed by atoms with Crippen LogP contribution in [-0.2, 0) is 18.3 Å². The third-order valence-corrected chi connectivity index (χ3v) is 4.26. The Kier molecular flexibility index (Phi) is 4.79. The molecule has 0 spiro atoms. The van der Waals surface area contributed by atoms with Crippen molar-refractivity contribution in [2.75, 3.05) is 6.54 Å². The summed E-state index contributed by atoms with van der Waals surface area (Å²) < 4.78 is 28.5. The first-order valence-electron chi connectivity index (χ1n) is 8.08. The average molecular weight is 343 g/mol. The molecule has 0 bridgehead atoms. The summed E-state index contributed by atoms with van der Waals surface area (Å²) in [5, 5.41) is 8.13. The number of halogens is 2. The van der Waals surface area contributed by atoms with Crippen LogP contribution >= 0.6 is 0 Å². The second kappa shape index (κ2) is 7.01. The fourth-order valence-electron chi connectivity index (χ4n) is 2.91. The van der Waals surface area contributed by atoms with E-state index in [4.69, 9.17) is 0 Å². The largest absolute Gasteiger partial charge is 0.355 e. The second-order valence-electron chi connectivity index (χ2n) is 6.14. The Morgan fingerprint density at radius 2 is 2.00 bits per heavy atom. The number of aryl methyl sites for hydroxylation is 1. The minimum Gasteiger partial charge on any atom is -0.355 e. The molecule has 3 aromatic rings. The van der Waals surface area contributed by atoms with Gasteiger partial charge in [0.25, 0.3) is 0 Å². The molecule has 2 aromatic carbocycles. The van der Waals surface area contributed by atoms with Crippen LogP contribution in [-0.4, -0.2) is 22.2 Å². The number of nitrogens with zero attached hydrogens (tertiary/aromatic N) is 2. The lowest BCUT2D eigenvalue weighted by Crippen LogP contribution is -2.29. The monoisotopic (exact) mass is 343 g/mol. The number of hydrogen-bond donors (Lipinski definition) is 1. The predicted molar refractivity (Wildman–Crippen MR) is 92.2 cm³/mol. The van der Waals surface area contributed by atoms with E-state index in [1.807, 2.05) is 31.3 Å². The van der Waals surface area contributed by atoms with E-state index in [1.165, 1.54) is 12.1 Å². The molecule has 0 fully saturated rings. The van der Waals surface area contributed by atoms with Crippen molar-refractivity contribution < 1.29 is 13.6 Å². The normalized spacial score (nSPS) is 12.3. The Bertz CT molecular complexity index is 920. The van der Waals surface area contributed by atoms with Gasteiger partial charge in [-0.2, -0.15) is 5.10 Å². The van der Waals surface area contributed by atoms with Crippen LogP contribution in [0.1, 0.15) is 24.1 Å². The molecule has 0 saturated carbocycles. The van der Waals surface area contributed by atoms with E-state index in [0.717, 1.165) is 17.0 Å². The van der Waals surface area contributed by atoms with Gasteiger partial charge in [0.15, 0.2) is 0 Å². The van der Waals surface area contributed by atoms with E-state index in [0.29, 0.717) is 11.3 Å². The van der Waals surface area contributed by atoms with Gasteiger partial charge < -0.3 is 5.32 Å². The molecule has 25 heavy (non-hydrogen) atoms. The van der Waals surface area contributed by atoms with Gasteiger partial charge in [0.2, 0.25) is 5.91 Å². The molecule has 0 radical (unpaired) electrons. The van der Waals surface area contributed by atoms with Crippen LogP contribution in [0.25, 0.3) is 10.9 Å². The van der Waals surface area contributed by atoms with Crippen molar-refractivity contribution in [2.45, 2.75) is 19.3 Å². The summed E-state index contributed by atoms with van der Waals surface area (Å²) in [7, 11) is 1.84. The van der Waals surface area contributed by atoms with Crippen molar-refractivity contribution >= 4 is 16.8 Å². The van der Waals surface area contributed by atoms with E-state index in [-0.39, 0.29) is 24.8 Å². The van der Waals surface area contributed by atoms with Crippen molar-refractivity contribution in [3.8, 4) is 0 Å². The van der Waals surface area contributed by atoms with Gasteiger partial charge in [0, 0.05) is 31.0 Å². The van der Waals surface area contributed by atoms with Crippen LogP contribution < -0.4 is 5.32 Å². The number of hydrogen-bond acceptors (Lipinski definition) is 2. The third kappa shape index (κ3) is 3.68. The van der Waals surface area contributed by atoms with E-state index in [9.17, 15) is 13.6 Å². The van der Waals surface area contributed by atoms with Gasteiger partial charge in [-0.15, -0.1) is 0 Å². The molecular formula is C19H19F2N3O. The highest BCUT2D eigenvalue weighted by molar-refractivity contribution is 5.87. The number of rotatable bonds is 5. The number of fused-ring (bicyclic) bond motifs is 1. The number of carbonyl (C=O) groups is 1. The quantitative estimate of drug-likeness (QED) is 0.773. The van der Waals surface area contributed by atoms with Gasteiger partial charge in [-0.1, -0.05) is 31.2 Å². The number of nitrogens with one attached hydrogen (secondary N) is 1. The summed E-state index contributed by atoms with van der Waals surface area (Å²) >= 11 is 0. The van der Waals surface area contributed by atoms with E-state index in [1.54, 1.807) is 11.6 Å². The number of carbonyl (C=O) groups excluding carboxylic acids is 1. The molecule has 6 heteroatoms. The molecule has 0 aliphatic carbocycles. The van der Waals surface area contributed by atoms with Gasteiger partial charge in [-0.05, 0) is 17.7 Å². The predicted octanol–water partition coefficient (Wildman–Crippen LogP) is 3.31. The molecule has 0 saturated heterocycles. The number of amides is 1. The minimum atomic E-state index is -0.612. The van der Waals surface area contributed by atoms with Gasteiger partial charge in [0.1, 0.15) is 11.6 Å². The van der Waals surface area contributed by atoms with Crippen molar-refractivity contribution in [1.29, 1.82) is 0 Å². The van der Waals surface area contributed by atoms with Crippen molar-refractivity contribution in [2.24, 2.45) is 7.05 Å². The first kappa shape index (κ1) is 17.1. The zero-order valence-corrected chi connectivity index (χ0v) is 14.1. The second-order valence-corrected chi connectivity index (χ2v) is 6.14. The maximum absolute atomic E-state index is 13.8. The van der Waals surface area contributed by atoms with Gasteiger partial charge in [-0.25, -0.2) is 8.78 Å². The number of para-hydroxylation sites is 1. The van der Waals surface area contributed by atoms with E-state index in [2.05, 4.69) is 10.4 Å². The summed E-state index contributed by atoms with van der Waals surface area (Å²) in [6.45, 7) is 2.05. The summed E-state index contributed by atoms with van der Waals surface area (Å²) in [5.74, 6) is -1.65. The molecule has 1 amide bonds. The highest BCUT2D eigenvalue weighted by Gasteiger charge is 2.15. The Morgan fingerprint density at radius 3 is 2.76 bits per heavy atom. The Hall–Kier alpha value is -2.76. The van der Waals surface area contributed by atoms with Crippen LogP contribution in [0.5, 0.6) is 0 Å². The molecule has 0 aliphatic rings. The maximum Gasteiger partial charge on any atom is 0.226 e. The molecular weight excluding hydrogens is 324 g/mol. The maximum atomic E-state index is 13.8. The molecule has 4 nitrogen and oxygen atoms in total. The Morgan fingerprint density at radius 1 is 1.24 bits per heavy atom. The van der Waals surface area contributed by atoms with Crippen molar-refractivity contribution in [1.82, 2.24) is 15.1 Å². The van der Waals surface area contributed by atoms with Crippen LogP contribution in [0.3, 0.4) is 0 Å². The zero-order chi connectivity index (χ0) is 18.0. The molecule has 1 heterocycles. The lowest BCUT2D eigenvalue weighted by molar-refractivity contribution is -0.120. The fourth-order valence-corrected chi connectivity index (χ4v) is 2.91. The first-order valence-corrected chi connectivity index (χ1v) is 8.08. The summed E-state index contributed by atoms with van der Waals surface area (Å²) in [6.07, 6.45) is 0.153. The smallest absolute Gasteiger partial charge is 0.226 e. The van der Waals surface area contributed by atoms with Crippen LogP contribution in [0, 0.1) is 11.6 Å². The lowest BCUT2D eigenvalue weighted by Gasteiger charge is -2.14. The first-order chi connectivity index (χ1) is 12.0. The van der Waals surface area contributed by atoms with Crippen molar-refractivity contribution in [3.63, 3.8) is 0 Å². The molecule has 1 atom stereocenters. The highest BCUT2D eigenvalue weighted by Crippen LogP contribution is 2.20. The highest BCUT2D eigenvalue weighted by atomic mass is 19.1. The Labute approximate surface area is 144 Å². The average Bonchev–Trinajstić information content (AvgIpc) is 2.89. The fraction of sp³-hybridized carbons (Fsp3) is 0.263. The molecule has 0 aliphatic heterocycles. The standard InChI is InChI=1S/C19H19F2N3O/c1-12(14-8-7-13(20)9-16(14)21)11-22-19(25)10-17-15-5-3-4-6-18(15)24(2)23-17/h3-9,12H,10-11H2,1-2H3,(H,22,25). The summed E-state index contributed by atoms with van der Waals surface area (Å²) in [5.41, 5.74) is 2.05. The zero-order valence-electron chi connectivity index (χ0n) is 14.1. The van der Waals surface area contributed by atoms with Crippen LogP contribution in [0.4, 0.5) is 8.78 Å². The van der Waals surface area contributed by atoms with E-state index < -0.39 is 11.6 Å². The van der Waals surface area contributed by atoms with E-state index >= 15 is 0 Å². The molecule has 3 rings (SSSR count). The molecule has 1 aromatic heterocycles. The summed E-state index contributed by atoms with van der Waals surface area (Å²) in [4.78, 5) is 12.2. The van der Waals surface area contributed by atoms with Gasteiger partial charge in [-0.3, -0.25) is 9.48 Å². The molecule has 130 valence electrons. The molecule has 1 unspecified atom stereocenters. The lowest BCUT2D eigenvalue weighted by atomic mass is 10.0. The SMILES string of the molecule is CC(CNC(=O)Cc1nn(C)c2ccccc12)c1ccc(F)cc1F. The van der Waals surface area contributed by atoms with Gasteiger partial charge >= 0.3 is 0 Å². The number of benzene rings is 2. The van der Waals surface area contributed by atoms with Crippen molar-refractivity contribution in [3.05, 3.63) is 65.4 Å². The third-order valence-electron chi connectivity index (χ3n) is 4.26. The minimum absolute atomic E-state index is 0.153.